The van der Waals surface area contributed by atoms with Crippen LogP contribution < -0.4 is 4.74 Å². The van der Waals surface area contributed by atoms with Crippen molar-refractivity contribution in [3.05, 3.63) is 63.8 Å². The van der Waals surface area contributed by atoms with Crippen LogP contribution in [0.25, 0.3) is 21.6 Å². The number of rotatable bonds is 7. The first-order valence-corrected chi connectivity index (χ1v) is 7.97. The summed E-state index contributed by atoms with van der Waals surface area (Å²) < 4.78 is 19.6. The third kappa shape index (κ3) is 4.72. The summed E-state index contributed by atoms with van der Waals surface area (Å²) in [6.45, 7) is 4.20. The van der Waals surface area contributed by atoms with Crippen molar-refractivity contribution >= 4 is 0 Å². The van der Waals surface area contributed by atoms with E-state index in [1.165, 1.54) is 13.2 Å². The molecule has 132 valence electrons. The zero-order valence-corrected chi connectivity index (χ0v) is 14.7. The lowest BCUT2D eigenvalue weighted by Crippen LogP contribution is -2.19. The molecule has 0 aliphatic rings. The Bertz CT molecular complexity index is 799. The smallest absolute Gasteiger partial charge is 0.131 e. The molecule has 0 heterocycles. The second-order valence-electron chi connectivity index (χ2n) is 6.73. The number of hydrogen-bond donors (Lipinski definition) is 1. The van der Waals surface area contributed by atoms with E-state index in [0.29, 0.717) is 24.3 Å². The molecule has 0 fully saturated rings. The van der Waals surface area contributed by atoms with Crippen molar-refractivity contribution in [3.63, 3.8) is 0 Å². The van der Waals surface area contributed by atoms with E-state index in [2.05, 4.69) is 10.0 Å². The molecule has 2 rings (SSSR count). The minimum Gasteiger partial charge on any atom is -0.497 e. The molecular weight excluding hydrogens is 321 g/mol. The molecule has 0 aromatic heterocycles. The zero-order valence-electron chi connectivity index (χ0n) is 14.7. The third-order valence-corrected chi connectivity index (χ3v) is 4.05. The molecule has 0 saturated heterocycles. The van der Waals surface area contributed by atoms with Gasteiger partial charge in [-0.1, -0.05) is 37.2 Å². The van der Waals surface area contributed by atoms with Crippen LogP contribution in [-0.2, 0) is 13.0 Å². The van der Waals surface area contributed by atoms with Crippen LogP contribution in [0.4, 0.5) is 4.39 Å². The van der Waals surface area contributed by atoms with Crippen LogP contribution in [0, 0.1) is 11.2 Å². The van der Waals surface area contributed by atoms with Gasteiger partial charge in [-0.3, -0.25) is 0 Å². The van der Waals surface area contributed by atoms with Crippen molar-refractivity contribution in [1.29, 1.82) is 0 Å². The number of halogens is 1. The first-order chi connectivity index (χ1) is 11.9. The second kappa shape index (κ2) is 8.01. The quantitative estimate of drug-likeness (QED) is 0.442. The lowest BCUT2D eigenvalue weighted by atomic mass is 9.82. The highest BCUT2D eigenvalue weighted by Gasteiger charge is 2.21. The molecule has 0 unspecified atom stereocenters. The van der Waals surface area contributed by atoms with E-state index < -0.39 is 0 Å². The molecule has 5 nitrogen and oxygen atoms in total. The topological polar surface area (TPSA) is 78.2 Å². The van der Waals surface area contributed by atoms with Crippen LogP contribution in [0.15, 0.2) is 41.5 Å². The van der Waals surface area contributed by atoms with Gasteiger partial charge >= 0.3 is 0 Å². The average Bonchev–Trinajstić information content (AvgIpc) is 2.60. The Morgan fingerprint density at radius 2 is 1.96 bits per heavy atom. The highest BCUT2D eigenvalue weighted by Crippen LogP contribution is 2.34. The highest BCUT2D eigenvalue weighted by atomic mass is 19.1. The van der Waals surface area contributed by atoms with Gasteiger partial charge in [0.2, 0.25) is 0 Å². The summed E-state index contributed by atoms with van der Waals surface area (Å²) in [6.07, 6.45) is 0.575. The second-order valence-corrected chi connectivity index (χ2v) is 6.73. The lowest BCUT2D eigenvalue weighted by Gasteiger charge is -2.24. The summed E-state index contributed by atoms with van der Waals surface area (Å²) in [5.41, 5.74) is 11.1. The zero-order chi connectivity index (χ0) is 18.4. The number of ether oxygens (including phenoxy) is 1. The molecule has 0 spiro atoms. The van der Waals surface area contributed by atoms with Crippen LogP contribution in [0.1, 0.15) is 25.0 Å². The van der Waals surface area contributed by atoms with E-state index in [9.17, 15) is 9.50 Å². The van der Waals surface area contributed by atoms with Gasteiger partial charge in [0.15, 0.2) is 0 Å². The van der Waals surface area contributed by atoms with Crippen molar-refractivity contribution in [2.24, 2.45) is 10.5 Å². The molecule has 0 radical (unpaired) electrons. The van der Waals surface area contributed by atoms with Gasteiger partial charge in [0.1, 0.15) is 11.6 Å². The standard InChI is InChI=1S/C19H22FN3O2/c1-19(2,12-22-23-21)10-14-8-13(11-24)4-6-16(14)17-9-15(25-3)5-7-18(17)20/h4-9,24H,10-12H2,1-3H3. The number of nitrogens with zero attached hydrogens (tertiary/aromatic N) is 3. The largest absolute Gasteiger partial charge is 0.497 e. The van der Waals surface area contributed by atoms with Crippen LogP contribution in [0.5, 0.6) is 5.75 Å². The fourth-order valence-corrected chi connectivity index (χ4v) is 2.79. The van der Waals surface area contributed by atoms with Crippen molar-refractivity contribution < 1.29 is 14.2 Å². The summed E-state index contributed by atoms with van der Waals surface area (Å²) in [7, 11) is 1.54. The average molecular weight is 343 g/mol. The van der Waals surface area contributed by atoms with Gasteiger partial charge in [-0.2, -0.15) is 0 Å². The summed E-state index contributed by atoms with van der Waals surface area (Å²) in [5.74, 6) is 0.230. The van der Waals surface area contributed by atoms with Gasteiger partial charge in [-0.05, 0) is 52.3 Å². The molecule has 0 aliphatic heterocycles. The van der Waals surface area contributed by atoms with Crippen LogP contribution in [0.3, 0.4) is 0 Å². The van der Waals surface area contributed by atoms with Crippen LogP contribution in [-0.4, -0.2) is 18.8 Å². The molecule has 0 amide bonds. The summed E-state index contributed by atoms with van der Waals surface area (Å²) in [6, 6.07) is 10.1. The Hall–Kier alpha value is -2.56. The Kier molecular flexibility index (Phi) is 6.02. The van der Waals surface area contributed by atoms with Gasteiger partial charge in [-0.15, -0.1) is 0 Å². The Labute approximate surface area is 146 Å². The Morgan fingerprint density at radius 1 is 1.20 bits per heavy atom. The molecule has 0 bridgehead atoms. The van der Waals surface area contributed by atoms with Gasteiger partial charge in [0.25, 0.3) is 0 Å². The number of azide groups is 1. The first-order valence-electron chi connectivity index (χ1n) is 7.97. The SMILES string of the molecule is COc1ccc(F)c(-c2ccc(CO)cc2CC(C)(C)CN=[N+]=[N-])c1. The Balaban J connectivity index is 2.53. The van der Waals surface area contributed by atoms with Crippen molar-refractivity contribution in [2.75, 3.05) is 13.7 Å². The van der Waals surface area contributed by atoms with Gasteiger partial charge < -0.3 is 9.84 Å². The van der Waals surface area contributed by atoms with Gasteiger partial charge in [0, 0.05) is 17.0 Å². The molecule has 0 atom stereocenters. The predicted octanol–water partition coefficient (Wildman–Crippen LogP) is 4.87. The fourth-order valence-electron chi connectivity index (χ4n) is 2.79. The van der Waals surface area contributed by atoms with Crippen molar-refractivity contribution in [3.8, 4) is 16.9 Å². The van der Waals surface area contributed by atoms with E-state index in [4.69, 9.17) is 10.3 Å². The maximum absolute atomic E-state index is 14.4. The lowest BCUT2D eigenvalue weighted by molar-refractivity contribution is 0.281. The van der Waals surface area contributed by atoms with E-state index in [0.717, 1.165) is 16.7 Å². The third-order valence-electron chi connectivity index (χ3n) is 4.05. The molecule has 2 aromatic rings. The minimum absolute atomic E-state index is 0.0926. The number of aliphatic hydroxyl groups excluding tert-OH is 1. The van der Waals surface area contributed by atoms with E-state index in [1.807, 2.05) is 26.0 Å². The molecule has 6 heteroatoms. The Morgan fingerprint density at radius 3 is 2.60 bits per heavy atom. The fraction of sp³-hybridized carbons (Fsp3) is 0.368. The van der Waals surface area contributed by atoms with Crippen LogP contribution in [0.2, 0.25) is 0 Å². The normalized spacial score (nSPS) is 11.1. The molecule has 0 aliphatic carbocycles. The first kappa shape index (κ1) is 18.8. The number of aliphatic hydroxyl groups is 1. The maximum Gasteiger partial charge on any atom is 0.131 e. The predicted molar refractivity (Wildman–Crippen MR) is 95.8 cm³/mol. The van der Waals surface area contributed by atoms with Gasteiger partial charge in [0.05, 0.1) is 13.7 Å². The summed E-state index contributed by atoms with van der Waals surface area (Å²) in [4.78, 5) is 2.82. The van der Waals surface area contributed by atoms with E-state index >= 15 is 0 Å². The maximum atomic E-state index is 14.4. The molecule has 2 aromatic carbocycles. The molecule has 0 saturated carbocycles. The van der Waals surface area contributed by atoms with Gasteiger partial charge in [-0.25, -0.2) is 4.39 Å². The number of benzene rings is 2. The van der Waals surface area contributed by atoms with Crippen molar-refractivity contribution in [1.82, 2.24) is 0 Å². The number of hydrogen-bond acceptors (Lipinski definition) is 3. The summed E-state index contributed by atoms with van der Waals surface area (Å²) in [5, 5.41) is 13.1. The number of methoxy groups -OCH3 is 1. The van der Waals surface area contributed by atoms with Crippen LogP contribution >= 0.6 is 0 Å². The van der Waals surface area contributed by atoms with E-state index in [-0.39, 0.29) is 17.8 Å². The molecule has 1 N–H and O–H groups in total. The minimum atomic E-state index is -0.341. The van der Waals surface area contributed by atoms with Crippen molar-refractivity contribution in [2.45, 2.75) is 26.9 Å². The highest BCUT2D eigenvalue weighted by molar-refractivity contribution is 5.70. The van der Waals surface area contributed by atoms with E-state index in [1.54, 1.807) is 18.2 Å². The molecule has 25 heavy (non-hydrogen) atoms. The summed E-state index contributed by atoms with van der Waals surface area (Å²) >= 11 is 0. The molecular formula is C19H22FN3O2. The monoisotopic (exact) mass is 343 g/mol.